The van der Waals surface area contributed by atoms with Gasteiger partial charge in [0.15, 0.2) is 0 Å². The molecule has 0 unspecified atom stereocenters. The molecule has 1 heterocycles. The van der Waals surface area contributed by atoms with E-state index in [4.69, 9.17) is 4.74 Å². The third kappa shape index (κ3) is 2.94. The van der Waals surface area contributed by atoms with E-state index in [0.717, 1.165) is 0 Å². The van der Waals surface area contributed by atoms with Crippen molar-refractivity contribution >= 4 is 15.9 Å². The lowest BCUT2D eigenvalue weighted by atomic mass is 10.2. The molecule has 19 heavy (non-hydrogen) atoms. The molecule has 0 radical (unpaired) electrons. The number of rotatable bonds is 3. The topological polar surface area (TPSA) is 75.7 Å². The van der Waals surface area contributed by atoms with Gasteiger partial charge in [-0.3, -0.25) is 4.79 Å². The van der Waals surface area contributed by atoms with E-state index in [1.807, 2.05) is 0 Å². The number of sulfonamides is 1. The summed E-state index contributed by atoms with van der Waals surface area (Å²) in [6.45, 7) is 1.47. The van der Waals surface area contributed by atoms with Gasteiger partial charge in [-0.1, -0.05) is 6.07 Å². The molecule has 1 aliphatic rings. The van der Waals surface area contributed by atoms with E-state index < -0.39 is 10.0 Å². The van der Waals surface area contributed by atoms with Gasteiger partial charge >= 0.3 is 0 Å². The zero-order valence-corrected chi connectivity index (χ0v) is 11.4. The fraction of sp³-hybridized carbons (Fsp3) is 0.417. The second-order valence-corrected chi connectivity index (χ2v) is 6.06. The molecule has 1 aromatic carbocycles. The van der Waals surface area contributed by atoms with Crippen LogP contribution >= 0.6 is 0 Å². The number of hydrogen-bond donors (Lipinski definition) is 1. The molecule has 0 spiro atoms. The van der Waals surface area contributed by atoms with Crippen LogP contribution in [0.25, 0.3) is 0 Å². The summed E-state index contributed by atoms with van der Waals surface area (Å²) in [5.74, 6) is -0.306. The number of carbonyl (C=O) groups excluding carboxylic acids is 1. The third-order valence-corrected chi connectivity index (χ3v) is 4.83. The lowest BCUT2D eigenvalue weighted by Crippen LogP contribution is -2.40. The van der Waals surface area contributed by atoms with Crippen molar-refractivity contribution in [1.29, 1.82) is 0 Å². The normalized spacial score (nSPS) is 17.1. The smallest absolute Gasteiger partial charge is 0.251 e. The Morgan fingerprint density at radius 3 is 2.63 bits per heavy atom. The van der Waals surface area contributed by atoms with Gasteiger partial charge in [0.05, 0.1) is 18.1 Å². The van der Waals surface area contributed by atoms with E-state index in [9.17, 15) is 13.2 Å². The SMILES string of the molecule is CNC(=O)c1cccc(S(=O)(=O)N2CCOCC2)c1. The number of nitrogens with zero attached hydrogens (tertiary/aromatic N) is 1. The van der Waals surface area contributed by atoms with Gasteiger partial charge in [-0.2, -0.15) is 4.31 Å². The molecule has 0 aliphatic carbocycles. The van der Waals surface area contributed by atoms with Crippen molar-refractivity contribution in [3.63, 3.8) is 0 Å². The molecule has 1 aliphatic heterocycles. The van der Waals surface area contributed by atoms with Gasteiger partial charge in [-0.15, -0.1) is 0 Å². The van der Waals surface area contributed by atoms with E-state index in [0.29, 0.717) is 31.9 Å². The van der Waals surface area contributed by atoms with Gasteiger partial charge in [-0.05, 0) is 18.2 Å². The van der Waals surface area contributed by atoms with Crippen LogP contribution in [0.1, 0.15) is 10.4 Å². The van der Waals surface area contributed by atoms with Crippen molar-refractivity contribution in [3.8, 4) is 0 Å². The first kappa shape index (κ1) is 14.0. The van der Waals surface area contributed by atoms with Gasteiger partial charge in [0.25, 0.3) is 5.91 Å². The highest BCUT2D eigenvalue weighted by Gasteiger charge is 2.26. The Hall–Kier alpha value is -1.44. The summed E-state index contributed by atoms with van der Waals surface area (Å²) in [7, 11) is -2.05. The van der Waals surface area contributed by atoms with Crippen molar-refractivity contribution in [3.05, 3.63) is 29.8 Å². The molecule has 104 valence electrons. The summed E-state index contributed by atoms with van der Waals surface area (Å²) in [5, 5.41) is 2.47. The van der Waals surface area contributed by atoms with Gasteiger partial charge in [0.2, 0.25) is 10.0 Å². The first-order valence-corrected chi connectivity index (χ1v) is 7.40. The summed E-state index contributed by atoms with van der Waals surface area (Å²) in [6, 6.07) is 6.04. The quantitative estimate of drug-likeness (QED) is 0.852. The molecular formula is C12H16N2O4S. The van der Waals surface area contributed by atoms with Crippen LogP contribution in [-0.2, 0) is 14.8 Å². The van der Waals surface area contributed by atoms with Crippen LogP contribution in [0.15, 0.2) is 29.2 Å². The minimum Gasteiger partial charge on any atom is -0.379 e. The molecule has 7 heteroatoms. The first-order chi connectivity index (χ1) is 9.05. The molecule has 0 saturated carbocycles. The molecular weight excluding hydrogens is 268 g/mol. The van der Waals surface area contributed by atoms with Crippen LogP contribution in [0.2, 0.25) is 0 Å². The average molecular weight is 284 g/mol. The van der Waals surface area contributed by atoms with Crippen LogP contribution in [0, 0.1) is 0 Å². The Morgan fingerprint density at radius 2 is 2.00 bits per heavy atom. The van der Waals surface area contributed by atoms with E-state index in [-0.39, 0.29) is 10.8 Å². The molecule has 1 amide bonds. The van der Waals surface area contributed by atoms with E-state index in [1.165, 1.54) is 23.5 Å². The Morgan fingerprint density at radius 1 is 1.32 bits per heavy atom. The van der Waals surface area contributed by atoms with Gasteiger partial charge in [0, 0.05) is 25.7 Å². The van der Waals surface area contributed by atoms with Crippen LogP contribution in [-0.4, -0.2) is 52.0 Å². The first-order valence-electron chi connectivity index (χ1n) is 5.96. The van der Waals surface area contributed by atoms with Gasteiger partial charge in [-0.25, -0.2) is 8.42 Å². The third-order valence-electron chi connectivity index (χ3n) is 2.93. The van der Waals surface area contributed by atoms with E-state index in [2.05, 4.69) is 5.32 Å². The Bertz CT molecular complexity index is 565. The highest BCUT2D eigenvalue weighted by molar-refractivity contribution is 7.89. The monoisotopic (exact) mass is 284 g/mol. The van der Waals surface area contributed by atoms with Crippen molar-refractivity contribution in [2.75, 3.05) is 33.4 Å². The van der Waals surface area contributed by atoms with Crippen LogP contribution < -0.4 is 5.32 Å². The molecule has 1 N–H and O–H groups in total. The number of carbonyl (C=O) groups is 1. The fourth-order valence-corrected chi connectivity index (χ4v) is 3.33. The molecule has 1 fully saturated rings. The van der Waals surface area contributed by atoms with Gasteiger partial charge in [0.1, 0.15) is 0 Å². The van der Waals surface area contributed by atoms with Crippen LogP contribution in [0.3, 0.4) is 0 Å². The summed E-state index contributed by atoms with van der Waals surface area (Å²) in [6.07, 6.45) is 0. The second kappa shape index (κ2) is 5.68. The van der Waals surface area contributed by atoms with Crippen LogP contribution in [0.4, 0.5) is 0 Å². The summed E-state index contributed by atoms with van der Waals surface area (Å²) >= 11 is 0. The maximum Gasteiger partial charge on any atom is 0.251 e. The van der Waals surface area contributed by atoms with Crippen LogP contribution in [0.5, 0.6) is 0 Å². The minimum atomic E-state index is -3.55. The number of amides is 1. The summed E-state index contributed by atoms with van der Waals surface area (Å²) < 4.78 is 31.3. The molecule has 2 rings (SSSR count). The minimum absolute atomic E-state index is 0.135. The summed E-state index contributed by atoms with van der Waals surface area (Å²) in [5.41, 5.74) is 0.330. The standard InChI is InChI=1S/C12H16N2O4S/c1-13-12(15)10-3-2-4-11(9-10)19(16,17)14-5-7-18-8-6-14/h2-4,9H,5-8H2,1H3,(H,13,15). The largest absolute Gasteiger partial charge is 0.379 e. The lowest BCUT2D eigenvalue weighted by molar-refractivity contribution is 0.0730. The van der Waals surface area contributed by atoms with Gasteiger partial charge < -0.3 is 10.1 Å². The van der Waals surface area contributed by atoms with Crippen molar-refractivity contribution in [1.82, 2.24) is 9.62 Å². The highest BCUT2D eigenvalue weighted by Crippen LogP contribution is 2.18. The maximum absolute atomic E-state index is 12.4. The molecule has 0 bridgehead atoms. The zero-order chi connectivity index (χ0) is 13.9. The number of hydrogen-bond acceptors (Lipinski definition) is 4. The second-order valence-electron chi connectivity index (χ2n) is 4.12. The number of nitrogens with one attached hydrogen (secondary N) is 1. The Balaban J connectivity index is 2.32. The Labute approximate surface area is 112 Å². The van der Waals surface area contributed by atoms with Crippen molar-refractivity contribution < 1.29 is 17.9 Å². The highest BCUT2D eigenvalue weighted by atomic mass is 32.2. The van der Waals surface area contributed by atoms with E-state index in [1.54, 1.807) is 12.1 Å². The lowest BCUT2D eigenvalue weighted by Gasteiger charge is -2.26. The number of ether oxygens (including phenoxy) is 1. The summed E-state index contributed by atoms with van der Waals surface area (Å²) in [4.78, 5) is 11.7. The molecule has 1 saturated heterocycles. The van der Waals surface area contributed by atoms with Crippen molar-refractivity contribution in [2.45, 2.75) is 4.90 Å². The number of morpholine rings is 1. The predicted octanol–water partition coefficient (Wildman–Crippen LogP) is 0.0671. The Kier molecular flexibility index (Phi) is 4.18. The van der Waals surface area contributed by atoms with Crippen molar-refractivity contribution in [2.24, 2.45) is 0 Å². The number of benzene rings is 1. The molecule has 0 atom stereocenters. The zero-order valence-electron chi connectivity index (χ0n) is 10.6. The molecule has 6 nitrogen and oxygen atoms in total. The molecule has 1 aromatic rings. The molecule has 0 aromatic heterocycles. The average Bonchev–Trinajstić information content (AvgIpc) is 2.47. The van der Waals surface area contributed by atoms with E-state index >= 15 is 0 Å². The fourth-order valence-electron chi connectivity index (χ4n) is 1.88. The maximum atomic E-state index is 12.4. The predicted molar refractivity (Wildman–Crippen MR) is 69.4 cm³/mol.